The maximum Gasteiger partial charge on any atom is 0.216 e. The summed E-state index contributed by atoms with van der Waals surface area (Å²) in [7, 11) is 0. The van der Waals surface area contributed by atoms with E-state index in [1.54, 1.807) is 29.1 Å². The predicted octanol–water partition coefficient (Wildman–Crippen LogP) is 5.64. The molecule has 0 spiro atoms. The number of hydrogen-bond donors (Lipinski definition) is 1. The third kappa shape index (κ3) is 4.40. The van der Waals surface area contributed by atoms with E-state index in [-0.39, 0.29) is 0 Å². The lowest BCUT2D eigenvalue weighted by molar-refractivity contribution is 0.864. The zero-order chi connectivity index (χ0) is 19.4. The fraction of sp³-hybridized carbons (Fsp3) is 0.211. The van der Waals surface area contributed by atoms with E-state index in [4.69, 9.17) is 35.4 Å². The number of aromatic amines is 1. The van der Waals surface area contributed by atoms with Gasteiger partial charge in [-0.05, 0) is 62.5 Å². The van der Waals surface area contributed by atoms with E-state index in [1.807, 2.05) is 12.1 Å². The van der Waals surface area contributed by atoms with E-state index in [1.165, 1.54) is 5.69 Å². The van der Waals surface area contributed by atoms with Crippen LogP contribution in [0.25, 0.3) is 11.4 Å². The standard InChI is InChI=1S/C19H19Cl2N5S/c1-3-25(4-2)16-9-6-13(7-10-16)18-23-24-19(27)26(18)22-12-14-5-8-15(20)11-17(14)21/h5-12H,3-4H2,1-2H3,(H,24,27). The van der Waals surface area contributed by atoms with E-state index < -0.39 is 0 Å². The van der Waals surface area contributed by atoms with Crippen LogP contribution in [0.3, 0.4) is 0 Å². The number of nitrogens with zero attached hydrogens (tertiary/aromatic N) is 4. The van der Waals surface area contributed by atoms with Gasteiger partial charge < -0.3 is 4.90 Å². The Morgan fingerprint density at radius 2 is 1.85 bits per heavy atom. The normalized spacial score (nSPS) is 11.3. The Balaban J connectivity index is 1.93. The molecule has 0 saturated carbocycles. The lowest BCUT2D eigenvalue weighted by Gasteiger charge is -2.20. The third-order valence-electron chi connectivity index (χ3n) is 4.18. The highest BCUT2D eigenvalue weighted by atomic mass is 35.5. The average Bonchev–Trinajstić information content (AvgIpc) is 3.03. The van der Waals surface area contributed by atoms with Crippen molar-refractivity contribution in [2.24, 2.45) is 5.10 Å². The molecule has 1 heterocycles. The summed E-state index contributed by atoms with van der Waals surface area (Å²) in [4.78, 5) is 2.28. The average molecular weight is 420 g/mol. The second-order valence-corrected chi connectivity index (χ2v) is 7.02. The van der Waals surface area contributed by atoms with E-state index in [2.05, 4.69) is 46.2 Å². The summed E-state index contributed by atoms with van der Waals surface area (Å²) in [6.45, 7) is 6.19. The van der Waals surface area contributed by atoms with Gasteiger partial charge in [-0.1, -0.05) is 29.3 Å². The molecule has 5 nitrogen and oxygen atoms in total. The Bertz CT molecular complexity index is 1000. The summed E-state index contributed by atoms with van der Waals surface area (Å²) in [6, 6.07) is 13.4. The largest absolute Gasteiger partial charge is 0.372 e. The lowest BCUT2D eigenvalue weighted by atomic mass is 10.2. The molecule has 0 amide bonds. The molecule has 27 heavy (non-hydrogen) atoms. The summed E-state index contributed by atoms with van der Waals surface area (Å²) in [5.41, 5.74) is 2.82. The molecule has 140 valence electrons. The van der Waals surface area contributed by atoms with Crippen molar-refractivity contribution in [1.82, 2.24) is 14.9 Å². The van der Waals surface area contributed by atoms with Gasteiger partial charge in [0.25, 0.3) is 0 Å². The van der Waals surface area contributed by atoms with Gasteiger partial charge in [0, 0.05) is 34.9 Å². The lowest BCUT2D eigenvalue weighted by Crippen LogP contribution is -2.21. The molecule has 1 aromatic heterocycles. The van der Waals surface area contributed by atoms with Crippen molar-refractivity contribution >= 4 is 47.3 Å². The molecule has 0 aliphatic carbocycles. The van der Waals surface area contributed by atoms with Crippen LogP contribution in [0.2, 0.25) is 10.0 Å². The summed E-state index contributed by atoms with van der Waals surface area (Å²) in [5, 5.41) is 12.7. The number of benzene rings is 2. The first kappa shape index (κ1) is 19.6. The summed E-state index contributed by atoms with van der Waals surface area (Å²) < 4.78 is 1.98. The molecule has 0 bridgehead atoms. The number of hydrogen-bond acceptors (Lipinski definition) is 4. The van der Waals surface area contributed by atoms with Gasteiger partial charge in [0.05, 0.1) is 11.2 Å². The summed E-state index contributed by atoms with van der Waals surface area (Å²) in [5.74, 6) is 0.632. The number of aromatic nitrogens is 3. The molecular formula is C19H19Cl2N5S. The minimum atomic E-state index is 0.402. The van der Waals surface area contributed by atoms with Crippen LogP contribution < -0.4 is 4.90 Å². The van der Waals surface area contributed by atoms with Crippen LogP contribution >= 0.6 is 35.4 Å². The van der Waals surface area contributed by atoms with Crippen molar-refractivity contribution in [3.63, 3.8) is 0 Å². The van der Waals surface area contributed by atoms with Crippen LogP contribution in [0.4, 0.5) is 5.69 Å². The topological polar surface area (TPSA) is 49.2 Å². The Kier molecular flexibility index (Phi) is 6.31. The number of rotatable bonds is 6. The second-order valence-electron chi connectivity index (χ2n) is 5.79. The van der Waals surface area contributed by atoms with Gasteiger partial charge in [0.15, 0.2) is 5.82 Å². The highest BCUT2D eigenvalue weighted by molar-refractivity contribution is 7.71. The van der Waals surface area contributed by atoms with Crippen LogP contribution in [0.1, 0.15) is 19.4 Å². The van der Waals surface area contributed by atoms with Crippen LogP contribution in [-0.2, 0) is 0 Å². The first-order valence-electron chi connectivity index (χ1n) is 8.55. The van der Waals surface area contributed by atoms with E-state index >= 15 is 0 Å². The molecule has 0 fully saturated rings. The highest BCUT2D eigenvalue weighted by Crippen LogP contribution is 2.23. The van der Waals surface area contributed by atoms with Crippen molar-refractivity contribution in [3.8, 4) is 11.4 Å². The molecule has 0 aliphatic heterocycles. The monoisotopic (exact) mass is 419 g/mol. The first-order chi connectivity index (χ1) is 13.0. The molecule has 0 saturated heterocycles. The van der Waals surface area contributed by atoms with Crippen molar-refractivity contribution in [1.29, 1.82) is 0 Å². The summed E-state index contributed by atoms with van der Waals surface area (Å²) >= 11 is 17.5. The number of nitrogens with one attached hydrogen (secondary N) is 1. The Labute approximate surface area is 173 Å². The van der Waals surface area contributed by atoms with Gasteiger partial charge in [-0.2, -0.15) is 14.9 Å². The fourth-order valence-corrected chi connectivity index (χ4v) is 3.36. The van der Waals surface area contributed by atoms with Gasteiger partial charge in [-0.3, -0.25) is 0 Å². The molecule has 3 rings (SSSR count). The third-order valence-corrected chi connectivity index (χ3v) is 5.01. The molecular weight excluding hydrogens is 401 g/mol. The Morgan fingerprint density at radius 1 is 1.15 bits per heavy atom. The van der Waals surface area contributed by atoms with Crippen molar-refractivity contribution < 1.29 is 0 Å². The molecule has 2 aromatic carbocycles. The van der Waals surface area contributed by atoms with Gasteiger partial charge in [-0.15, -0.1) is 0 Å². The van der Waals surface area contributed by atoms with Crippen LogP contribution in [0.15, 0.2) is 47.6 Å². The minimum absolute atomic E-state index is 0.402. The first-order valence-corrected chi connectivity index (χ1v) is 9.72. The van der Waals surface area contributed by atoms with Crippen molar-refractivity contribution in [3.05, 3.63) is 62.8 Å². The maximum absolute atomic E-state index is 6.20. The second kappa shape index (κ2) is 8.69. The Morgan fingerprint density at radius 3 is 2.48 bits per heavy atom. The van der Waals surface area contributed by atoms with E-state index in [0.717, 1.165) is 24.2 Å². The smallest absolute Gasteiger partial charge is 0.216 e. The molecule has 0 aliphatic rings. The van der Waals surface area contributed by atoms with Crippen LogP contribution in [0, 0.1) is 4.77 Å². The van der Waals surface area contributed by atoms with E-state index in [0.29, 0.717) is 20.6 Å². The van der Waals surface area contributed by atoms with Crippen LogP contribution in [-0.4, -0.2) is 34.2 Å². The summed E-state index contributed by atoms with van der Waals surface area (Å²) in [6.07, 6.45) is 1.64. The quantitative estimate of drug-likeness (QED) is 0.415. The molecule has 0 atom stereocenters. The molecule has 0 radical (unpaired) electrons. The fourth-order valence-electron chi connectivity index (χ4n) is 2.72. The zero-order valence-corrected chi connectivity index (χ0v) is 17.3. The van der Waals surface area contributed by atoms with Crippen molar-refractivity contribution in [2.75, 3.05) is 18.0 Å². The van der Waals surface area contributed by atoms with Crippen molar-refractivity contribution in [2.45, 2.75) is 13.8 Å². The maximum atomic E-state index is 6.20. The Hall–Kier alpha value is -2.15. The van der Waals surface area contributed by atoms with Gasteiger partial charge in [0.1, 0.15) is 0 Å². The molecule has 0 unspecified atom stereocenters. The minimum Gasteiger partial charge on any atom is -0.372 e. The van der Waals surface area contributed by atoms with Crippen LogP contribution in [0.5, 0.6) is 0 Å². The molecule has 1 N–H and O–H groups in total. The van der Waals surface area contributed by atoms with Gasteiger partial charge >= 0.3 is 0 Å². The number of halogens is 2. The number of anilines is 1. The molecule has 3 aromatic rings. The predicted molar refractivity (Wildman–Crippen MR) is 116 cm³/mol. The SMILES string of the molecule is CCN(CC)c1ccc(-c2n[nH]c(=S)n2N=Cc2ccc(Cl)cc2Cl)cc1. The van der Waals surface area contributed by atoms with Gasteiger partial charge in [-0.25, -0.2) is 5.10 Å². The molecule has 8 heteroatoms. The zero-order valence-electron chi connectivity index (χ0n) is 15.0. The highest BCUT2D eigenvalue weighted by Gasteiger charge is 2.09. The van der Waals surface area contributed by atoms with Gasteiger partial charge in [0.2, 0.25) is 4.77 Å². The number of H-pyrrole nitrogens is 1. The van der Waals surface area contributed by atoms with E-state index in [9.17, 15) is 0 Å².